The summed E-state index contributed by atoms with van der Waals surface area (Å²) >= 11 is 0. The molecule has 88 valence electrons. The van der Waals surface area contributed by atoms with Gasteiger partial charge in [0.05, 0.1) is 0 Å². The first kappa shape index (κ1) is 14.2. The van der Waals surface area contributed by atoms with Gasteiger partial charge in [-0.15, -0.1) is 0 Å². The molecule has 3 nitrogen and oxygen atoms in total. The van der Waals surface area contributed by atoms with Gasteiger partial charge in [-0.05, 0) is 37.4 Å². The molecule has 4 heteroatoms. The van der Waals surface area contributed by atoms with E-state index < -0.39 is 15.0 Å². The molecule has 0 fully saturated rings. The van der Waals surface area contributed by atoms with Crippen LogP contribution in [0.15, 0.2) is 11.8 Å². The predicted molar refractivity (Wildman–Crippen MR) is 64.4 cm³/mol. The van der Waals surface area contributed by atoms with E-state index in [1.54, 1.807) is 6.08 Å². The van der Waals surface area contributed by atoms with Gasteiger partial charge in [0.2, 0.25) is 9.04 Å². The zero-order chi connectivity index (χ0) is 12.1. The summed E-state index contributed by atoms with van der Waals surface area (Å²) in [6, 6.07) is 0. The third-order valence-electron chi connectivity index (χ3n) is 1.80. The van der Waals surface area contributed by atoms with Gasteiger partial charge < -0.3 is 9.53 Å². The number of hydrogen-bond donors (Lipinski definition) is 1. The van der Waals surface area contributed by atoms with E-state index in [2.05, 4.69) is 20.8 Å². The molecule has 0 radical (unpaired) electrons. The maximum atomic E-state index is 10.8. The second kappa shape index (κ2) is 5.95. The van der Waals surface area contributed by atoms with Crippen LogP contribution in [0, 0.1) is 5.41 Å². The van der Waals surface area contributed by atoms with Gasteiger partial charge >= 0.3 is 5.97 Å². The number of carboxylic acids is 1. The Hall–Kier alpha value is -0.773. The topological polar surface area (TPSA) is 46.5 Å². The van der Waals surface area contributed by atoms with Crippen LogP contribution in [-0.2, 0) is 9.22 Å². The summed E-state index contributed by atoms with van der Waals surface area (Å²) in [7, 11) is -1.32. The maximum Gasteiger partial charge on any atom is 0.369 e. The Morgan fingerprint density at radius 3 is 2.27 bits per heavy atom. The van der Waals surface area contributed by atoms with E-state index in [-0.39, 0.29) is 11.2 Å². The van der Waals surface area contributed by atoms with Crippen molar-refractivity contribution in [2.75, 3.05) is 0 Å². The summed E-state index contributed by atoms with van der Waals surface area (Å²) in [6.45, 7) is 10.3. The fourth-order valence-corrected chi connectivity index (χ4v) is 1.78. The Bertz CT molecular complexity index is 239. The van der Waals surface area contributed by atoms with Crippen LogP contribution in [0.25, 0.3) is 0 Å². The molecule has 0 aromatic carbocycles. The molecule has 15 heavy (non-hydrogen) atoms. The molecular formula is C11H22O3Si. The molecule has 0 heterocycles. The standard InChI is InChI=1S/C11H22O3Si/c1-11(2,3)8-6-7-9(10(12)13)14-15(4)5/h7,15H,6,8H2,1-5H3,(H,12,13). The van der Waals surface area contributed by atoms with E-state index in [1.165, 1.54) is 0 Å². The third-order valence-corrected chi connectivity index (χ3v) is 2.52. The number of aliphatic carboxylic acids is 1. The van der Waals surface area contributed by atoms with Crippen molar-refractivity contribution >= 4 is 15.0 Å². The number of hydrogen-bond acceptors (Lipinski definition) is 2. The highest BCUT2D eigenvalue weighted by Crippen LogP contribution is 2.21. The zero-order valence-corrected chi connectivity index (χ0v) is 11.5. The number of allylic oxidation sites excluding steroid dienone is 1. The molecule has 0 aliphatic rings. The smallest absolute Gasteiger partial charge is 0.369 e. The molecule has 0 saturated carbocycles. The monoisotopic (exact) mass is 230 g/mol. The number of rotatable bonds is 5. The zero-order valence-electron chi connectivity index (χ0n) is 10.3. The van der Waals surface area contributed by atoms with Crippen molar-refractivity contribution in [3.05, 3.63) is 11.8 Å². The van der Waals surface area contributed by atoms with Crippen molar-refractivity contribution in [2.24, 2.45) is 5.41 Å². The molecule has 0 rings (SSSR count). The summed E-state index contributed by atoms with van der Waals surface area (Å²) in [5.74, 6) is -0.828. The first-order chi connectivity index (χ1) is 6.72. The van der Waals surface area contributed by atoms with Crippen LogP contribution in [0.5, 0.6) is 0 Å². The van der Waals surface area contributed by atoms with E-state index in [0.29, 0.717) is 0 Å². The molecule has 0 bridgehead atoms. The molecule has 0 atom stereocenters. The van der Waals surface area contributed by atoms with E-state index in [0.717, 1.165) is 12.8 Å². The van der Waals surface area contributed by atoms with Crippen LogP contribution in [0.4, 0.5) is 0 Å². The summed E-state index contributed by atoms with van der Waals surface area (Å²) < 4.78 is 5.33. The van der Waals surface area contributed by atoms with Gasteiger partial charge in [-0.3, -0.25) is 0 Å². The fraction of sp³-hybridized carbons (Fsp3) is 0.727. The van der Waals surface area contributed by atoms with Gasteiger partial charge in [0, 0.05) is 0 Å². The molecule has 1 N–H and O–H groups in total. The highest BCUT2D eigenvalue weighted by molar-refractivity contribution is 6.49. The van der Waals surface area contributed by atoms with E-state index >= 15 is 0 Å². The number of carboxylic acid groups (broad SMARTS) is 1. The minimum Gasteiger partial charge on any atom is -0.542 e. The van der Waals surface area contributed by atoms with Crippen LogP contribution in [0.2, 0.25) is 13.1 Å². The molecule has 0 aliphatic heterocycles. The number of carbonyl (C=O) groups is 1. The van der Waals surface area contributed by atoms with Gasteiger partial charge in [0.15, 0.2) is 5.76 Å². The second-order valence-electron chi connectivity index (χ2n) is 5.14. The van der Waals surface area contributed by atoms with Crippen LogP contribution in [0.1, 0.15) is 33.6 Å². The van der Waals surface area contributed by atoms with Crippen LogP contribution >= 0.6 is 0 Å². The van der Waals surface area contributed by atoms with E-state index in [1.807, 2.05) is 13.1 Å². The van der Waals surface area contributed by atoms with Crippen molar-refractivity contribution < 1.29 is 14.3 Å². The summed E-state index contributed by atoms with van der Waals surface area (Å²) in [5.41, 5.74) is 0.232. The fourth-order valence-electron chi connectivity index (χ4n) is 1.08. The normalized spacial score (nSPS) is 13.1. The Morgan fingerprint density at radius 2 is 1.93 bits per heavy atom. The molecule has 0 aliphatic carbocycles. The Morgan fingerprint density at radius 1 is 1.40 bits per heavy atom. The molecule has 0 aromatic rings. The van der Waals surface area contributed by atoms with Gasteiger partial charge in [0.1, 0.15) is 0 Å². The first-order valence-electron chi connectivity index (χ1n) is 5.32. The lowest BCUT2D eigenvalue weighted by Crippen LogP contribution is -2.14. The Labute approximate surface area is 93.9 Å². The van der Waals surface area contributed by atoms with Crippen LogP contribution in [-0.4, -0.2) is 20.1 Å². The third kappa shape index (κ3) is 8.24. The predicted octanol–water partition coefficient (Wildman–Crippen LogP) is 2.78. The maximum absolute atomic E-state index is 10.8. The van der Waals surface area contributed by atoms with Crippen molar-refractivity contribution in [3.8, 4) is 0 Å². The molecular weight excluding hydrogens is 208 g/mol. The largest absolute Gasteiger partial charge is 0.542 e. The van der Waals surface area contributed by atoms with Gasteiger partial charge in [-0.25, -0.2) is 4.79 Å². The molecule has 0 saturated heterocycles. The van der Waals surface area contributed by atoms with E-state index in [9.17, 15) is 4.79 Å². The lowest BCUT2D eigenvalue weighted by Gasteiger charge is -2.16. The van der Waals surface area contributed by atoms with Gasteiger partial charge in [-0.2, -0.15) is 0 Å². The van der Waals surface area contributed by atoms with Crippen molar-refractivity contribution in [3.63, 3.8) is 0 Å². The molecule has 0 spiro atoms. The summed E-state index contributed by atoms with van der Waals surface area (Å²) in [6.07, 6.45) is 3.42. The highest BCUT2D eigenvalue weighted by Gasteiger charge is 2.12. The van der Waals surface area contributed by atoms with E-state index in [4.69, 9.17) is 9.53 Å². The SMILES string of the molecule is C[SiH](C)OC(=CCCC(C)(C)C)C(=O)O. The summed E-state index contributed by atoms with van der Waals surface area (Å²) in [5, 5.41) is 8.88. The molecule has 0 unspecified atom stereocenters. The van der Waals surface area contributed by atoms with Crippen LogP contribution in [0.3, 0.4) is 0 Å². The first-order valence-corrected chi connectivity index (χ1v) is 8.10. The average Bonchev–Trinajstić information content (AvgIpc) is 1.99. The highest BCUT2D eigenvalue weighted by atomic mass is 28.3. The Kier molecular flexibility index (Phi) is 5.65. The lowest BCUT2D eigenvalue weighted by atomic mass is 9.90. The van der Waals surface area contributed by atoms with Crippen molar-refractivity contribution in [2.45, 2.75) is 46.7 Å². The summed E-state index contributed by atoms with van der Waals surface area (Å²) in [4.78, 5) is 10.8. The molecule has 0 amide bonds. The van der Waals surface area contributed by atoms with Gasteiger partial charge in [0.25, 0.3) is 0 Å². The second-order valence-corrected chi connectivity index (χ2v) is 7.47. The van der Waals surface area contributed by atoms with Crippen LogP contribution < -0.4 is 0 Å². The quantitative estimate of drug-likeness (QED) is 0.449. The van der Waals surface area contributed by atoms with Gasteiger partial charge in [-0.1, -0.05) is 20.8 Å². The average molecular weight is 230 g/mol. The lowest BCUT2D eigenvalue weighted by molar-refractivity contribution is -0.135. The minimum atomic E-state index is -1.32. The molecule has 0 aromatic heterocycles. The Balaban J connectivity index is 4.25. The van der Waals surface area contributed by atoms with Crippen molar-refractivity contribution in [1.82, 2.24) is 0 Å². The van der Waals surface area contributed by atoms with Crippen molar-refractivity contribution in [1.29, 1.82) is 0 Å². The minimum absolute atomic E-state index is 0.126.